The maximum Gasteiger partial charge on any atom is 0.433 e. The van der Waals surface area contributed by atoms with Gasteiger partial charge in [0.05, 0.1) is 29.0 Å². The quantitative estimate of drug-likeness (QED) is 0.187. The first-order chi connectivity index (χ1) is 24.0. The topological polar surface area (TPSA) is 120 Å². The molecule has 1 atom stereocenters. The van der Waals surface area contributed by atoms with E-state index >= 15 is 8.78 Å². The molecule has 3 aromatic rings. The highest BCUT2D eigenvalue weighted by Gasteiger charge is 2.55. The molecular formula is C33H30F8N6O4. The third-order valence-corrected chi connectivity index (χ3v) is 9.39. The van der Waals surface area contributed by atoms with Crippen molar-refractivity contribution in [2.45, 2.75) is 62.6 Å². The molecule has 3 heterocycles. The van der Waals surface area contributed by atoms with Crippen LogP contribution in [0.1, 0.15) is 48.9 Å². The zero-order chi connectivity index (χ0) is 36.9. The van der Waals surface area contributed by atoms with Gasteiger partial charge in [0, 0.05) is 24.2 Å². The van der Waals surface area contributed by atoms with Crippen LogP contribution in [0, 0.1) is 11.6 Å². The van der Waals surface area contributed by atoms with E-state index in [1.807, 2.05) is 0 Å². The number of amides is 2. The third kappa shape index (κ3) is 6.81. The summed E-state index contributed by atoms with van der Waals surface area (Å²) in [4.78, 5) is 34.4. The lowest BCUT2D eigenvalue weighted by Crippen LogP contribution is -2.65. The molecule has 0 unspecified atom stereocenters. The Morgan fingerprint density at radius 1 is 1.04 bits per heavy atom. The van der Waals surface area contributed by atoms with Gasteiger partial charge in [-0.1, -0.05) is 6.07 Å². The first-order valence-electron chi connectivity index (χ1n) is 15.8. The van der Waals surface area contributed by atoms with Gasteiger partial charge in [0.15, 0.2) is 11.6 Å². The van der Waals surface area contributed by atoms with Gasteiger partial charge < -0.3 is 20.5 Å². The number of nitrogens with one attached hydrogen (secondary N) is 2. The number of carbonyl (C=O) groups excluding carboxylic acids is 2. The number of benzene rings is 2. The van der Waals surface area contributed by atoms with Crippen LogP contribution in [0.2, 0.25) is 0 Å². The third-order valence-electron chi connectivity index (χ3n) is 9.39. The van der Waals surface area contributed by atoms with Gasteiger partial charge in [-0.05, 0) is 69.0 Å². The average molecular weight is 727 g/mol. The Labute approximate surface area is 285 Å². The molecule has 2 fully saturated rings. The Kier molecular flexibility index (Phi) is 9.43. The second-order valence-electron chi connectivity index (χ2n) is 12.4. The van der Waals surface area contributed by atoms with Crippen LogP contribution in [-0.2, 0) is 28.5 Å². The summed E-state index contributed by atoms with van der Waals surface area (Å²) >= 11 is 0. The normalized spacial score (nSPS) is 19.4. The van der Waals surface area contributed by atoms with Gasteiger partial charge in [0.2, 0.25) is 5.82 Å². The second kappa shape index (κ2) is 13.4. The molecule has 18 heteroatoms. The van der Waals surface area contributed by atoms with Crippen molar-refractivity contribution in [2.24, 2.45) is 0 Å². The van der Waals surface area contributed by atoms with Crippen LogP contribution >= 0.6 is 0 Å². The van der Waals surface area contributed by atoms with Crippen LogP contribution in [0.5, 0.6) is 5.75 Å². The fourth-order valence-electron chi connectivity index (χ4n) is 6.38. The lowest BCUT2D eigenvalue weighted by molar-refractivity contribution is -0.172. The van der Waals surface area contributed by atoms with Crippen molar-refractivity contribution in [3.63, 3.8) is 0 Å². The van der Waals surface area contributed by atoms with E-state index in [1.165, 1.54) is 24.2 Å². The Hall–Kier alpha value is -4.84. The van der Waals surface area contributed by atoms with E-state index < -0.39 is 87.4 Å². The molecule has 1 spiro atoms. The van der Waals surface area contributed by atoms with E-state index in [0.29, 0.717) is 30.9 Å². The van der Waals surface area contributed by atoms with Crippen LogP contribution in [-0.4, -0.2) is 68.7 Å². The summed E-state index contributed by atoms with van der Waals surface area (Å²) in [5, 5.41) is 19.0. The van der Waals surface area contributed by atoms with Crippen molar-refractivity contribution in [2.75, 3.05) is 25.5 Å². The van der Waals surface area contributed by atoms with Crippen LogP contribution in [0.25, 0.3) is 11.3 Å². The second-order valence-corrected chi connectivity index (χ2v) is 12.4. The van der Waals surface area contributed by atoms with Crippen molar-refractivity contribution >= 4 is 17.5 Å². The predicted octanol–water partition coefficient (Wildman–Crippen LogP) is 6.15. The minimum Gasteiger partial charge on any atom is -0.509 e. The van der Waals surface area contributed by atoms with E-state index in [-0.39, 0.29) is 36.8 Å². The van der Waals surface area contributed by atoms with Gasteiger partial charge in [-0.2, -0.15) is 30.7 Å². The molecule has 2 aliphatic heterocycles. The molecular weight excluding hydrogens is 696 g/mol. The van der Waals surface area contributed by atoms with Crippen molar-refractivity contribution in [3.05, 3.63) is 82.5 Å². The Balaban J connectivity index is 1.32. The predicted molar refractivity (Wildman–Crippen MR) is 164 cm³/mol. The average Bonchev–Trinajstić information content (AvgIpc) is 3.57. The molecule has 1 saturated carbocycles. The number of aromatic nitrogens is 2. The molecule has 3 N–H and O–H groups in total. The van der Waals surface area contributed by atoms with Crippen molar-refractivity contribution in [1.29, 1.82) is 0 Å². The molecule has 3 aliphatic rings. The number of hydrazine groups is 1. The van der Waals surface area contributed by atoms with Crippen molar-refractivity contribution in [1.82, 2.24) is 25.3 Å². The molecule has 10 nitrogen and oxygen atoms in total. The molecule has 51 heavy (non-hydrogen) atoms. The largest absolute Gasteiger partial charge is 0.509 e. The van der Waals surface area contributed by atoms with E-state index in [9.17, 15) is 41.0 Å². The number of hydrogen-bond donors (Lipinski definition) is 3. The van der Waals surface area contributed by atoms with E-state index in [2.05, 4.69) is 20.6 Å². The zero-order valence-corrected chi connectivity index (χ0v) is 26.8. The summed E-state index contributed by atoms with van der Waals surface area (Å²) in [6.07, 6.45) is -6.68. The Morgan fingerprint density at radius 2 is 1.78 bits per heavy atom. The van der Waals surface area contributed by atoms with E-state index in [4.69, 9.17) is 4.74 Å². The molecule has 1 aromatic heterocycles. The molecule has 1 aliphatic carbocycles. The summed E-state index contributed by atoms with van der Waals surface area (Å²) in [7, 11) is 1.42. The number of anilines is 1. The zero-order valence-electron chi connectivity index (χ0n) is 26.8. The van der Waals surface area contributed by atoms with Gasteiger partial charge in [-0.15, -0.1) is 0 Å². The number of aliphatic hydroxyl groups is 1. The number of carbonyl (C=O) groups is 2. The van der Waals surface area contributed by atoms with Gasteiger partial charge >= 0.3 is 12.4 Å². The minimum atomic E-state index is -4.98. The smallest absolute Gasteiger partial charge is 0.433 e. The SMILES string of the molecule is CN1N(Cc2ccc(OC[C@@H]3CCCN3)c(F)c2F)C(=O)C(C(=O)Nc2ccc(C(F)(F)F)cc2-c2cc(C(F)(F)F)ncn2)=C(O)C12CCC2. The van der Waals surface area contributed by atoms with Gasteiger partial charge in [-0.25, -0.2) is 19.4 Å². The van der Waals surface area contributed by atoms with Gasteiger partial charge in [0.25, 0.3) is 11.8 Å². The van der Waals surface area contributed by atoms with Crippen molar-refractivity contribution in [3.8, 4) is 17.0 Å². The minimum absolute atomic E-state index is 0.0218. The molecule has 0 radical (unpaired) electrons. The monoisotopic (exact) mass is 726 g/mol. The number of halogens is 8. The van der Waals surface area contributed by atoms with E-state index in [1.54, 1.807) is 0 Å². The molecule has 272 valence electrons. The highest BCUT2D eigenvalue weighted by molar-refractivity contribution is 6.24. The summed E-state index contributed by atoms with van der Waals surface area (Å²) < 4.78 is 117. The van der Waals surface area contributed by atoms with Crippen LogP contribution in [0.3, 0.4) is 0 Å². The standard InChI is InChI=1S/C33H30F8N6O4/c1-46-31(9-3-10-31)28(48)25(30(50)47(46)14-17-5-8-23(27(35)26(17)34)51-15-19-4-2-11-42-19)29(49)45-21-7-6-18(32(36,37)38)12-20(21)22-13-24(33(39,40)41)44-16-43-22/h5-8,12-13,16,19,42,48H,2-4,9-11,14-15H2,1H3,(H,45,49)/t19-/m0/s1. The summed E-state index contributed by atoms with van der Waals surface area (Å²) in [5.41, 5.74) is -6.89. The maximum atomic E-state index is 15.4. The Morgan fingerprint density at radius 3 is 2.41 bits per heavy atom. The summed E-state index contributed by atoms with van der Waals surface area (Å²) in [6.45, 7) is 0.291. The highest BCUT2D eigenvalue weighted by atomic mass is 19.4. The fraction of sp³-hybridized carbons (Fsp3) is 0.394. The fourth-order valence-corrected chi connectivity index (χ4v) is 6.38. The van der Waals surface area contributed by atoms with Crippen LogP contribution < -0.4 is 15.4 Å². The number of likely N-dealkylation sites (N-methyl/N-ethyl adjacent to an activating group) is 1. The van der Waals surface area contributed by atoms with Gasteiger partial charge in [0.1, 0.15) is 30.0 Å². The molecule has 2 aromatic carbocycles. The number of aliphatic hydroxyl groups excluding tert-OH is 1. The number of alkyl halides is 6. The summed E-state index contributed by atoms with van der Waals surface area (Å²) in [5.74, 6) is -6.08. The van der Waals surface area contributed by atoms with Crippen molar-refractivity contribution < 1.29 is 54.6 Å². The first kappa shape index (κ1) is 36.0. The van der Waals surface area contributed by atoms with Crippen LogP contribution in [0.15, 0.2) is 54.1 Å². The van der Waals surface area contributed by atoms with E-state index in [0.717, 1.165) is 30.5 Å². The maximum absolute atomic E-state index is 15.4. The Bertz CT molecular complexity index is 1890. The molecule has 1 saturated heterocycles. The molecule has 0 bridgehead atoms. The number of hydrogen-bond acceptors (Lipinski definition) is 8. The number of ether oxygens (including phenoxy) is 1. The van der Waals surface area contributed by atoms with Crippen LogP contribution in [0.4, 0.5) is 40.8 Å². The molecule has 2 amide bonds. The lowest BCUT2D eigenvalue weighted by Gasteiger charge is -2.54. The number of nitrogens with zero attached hydrogens (tertiary/aromatic N) is 4. The van der Waals surface area contributed by atoms with Gasteiger partial charge in [-0.3, -0.25) is 14.6 Å². The lowest BCUT2D eigenvalue weighted by atomic mass is 9.72. The highest BCUT2D eigenvalue weighted by Crippen LogP contribution is 2.47. The summed E-state index contributed by atoms with van der Waals surface area (Å²) in [6, 6.07) is 4.59. The molecule has 6 rings (SSSR count). The first-order valence-corrected chi connectivity index (χ1v) is 15.8. The number of rotatable bonds is 8.